The first-order valence-corrected chi connectivity index (χ1v) is 6.13. The number of hydrogen-bond acceptors (Lipinski definition) is 3. The van der Waals surface area contributed by atoms with Gasteiger partial charge in [0, 0.05) is 17.0 Å². The van der Waals surface area contributed by atoms with Crippen LogP contribution < -0.4 is 0 Å². The van der Waals surface area contributed by atoms with E-state index in [0.29, 0.717) is 12.0 Å². The van der Waals surface area contributed by atoms with Crippen molar-refractivity contribution in [1.82, 2.24) is 4.98 Å². The SMILES string of the molecule is CC1SCCCC1(O)c1ccncc1F. The van der Waals surface area contributed by atoms with E-state index < -0.39 is 11.4 Å². The third-order valence-corrected chi connectivity index (χ3v) is 4.40. The van der Waals surface area contributed by atoms with Crippen LogP contribution in [0.15, 0.2) is 18.5 Å². The number of pyridine rings is 1. The second-order valence-electron chi connectivity index (χ2n) is 3.90. The molecule has 0 amide bonds. The minimum atomic E-state index is -1.03. The fourth-order valence-electron chi connectivity index (χ4n) is 2.02. The summed E-state index contributed by atoms with van der Waals surface area (Å²) in [6, 6.07) is 1.58. The van der Waals surface area contributed by atoms with E-state index in [-0.39, 0.29) is 5.25 Å². The van der Waals surface area contributed by atoms with E-state index in [1.54, 1.807) is 17.8 Å². The van der Waals surface area contributed by atoms with E-state index in [2.05, 4.69) is 4.98 Å². The zero-order valence-corrected chi connectivity index (χ0v) is 9.43. The highest BCUT2D eigenvalue weighted by atomic mass is 32.2. The van der Waals surface area contributed by atoms with Crippen LogP contribution in [0, 0.1) is 5.82 Å². The zero-order chi connectivity index (χ0) is 10.9. The van der Waals surface area contributed by atoms with Crippen LogP contribution in [0.1, 0.15) is 25.3 Å². The Balaban J connectivity index is 2.39. The zero-order valence-electron chi connectivity index (χ0n) is 8.61. The third-order valence-electron chi connectivity index (χ3n) is 2.98. The van der Waals surface area contributed by atoms with Gasteiger partial charge in [0.2, 0.25) is 0 Å². The molecule has 0 spiro atoms. The lowest BCUT2D eigenvalue weighted by atomic mass is 9.86. The van der Waals surface area contributed by atoms with Crippen LogP contribution in [0.5, 0.6) is 0 Å². The van der Waals surface area contributed by atoms with Crippen LogP contribution in [0.2, 0.25) is 0 Å². The summed E-state index contributed by atoms with van der Waals surface area (Å²) in [7, 11) is 0. The summed E-state index contributed by atoms with van der Waals surface area (Å²) in [5.74, 6) is 0.630. The average molecular weight is 227 g/mol. The van der Waals surface area contributed by atoms with Gasteiger partial charge in [-0.3, -0.25) is 4.98 Å². The molecule has 0 aromatic carbocycles. The van der Waals surface area contributed by atoms with Gasteiger partial charge in [-0.2, -0.15) is 11.8 Å². The first-order valence-electron chi connectivity index (χ1n) is 5.08. The van der Waals surface area contributed by atoms with Crippen molar-refractivity contribution >= 4 is 11.8 Å². The van der Waals surface area contributed by atoms with Gasteiger partial charge in [-0.15, -0.1) is 0 Å². The molecule has 1 aromatic rings. The summed E-state index contributed by atoms with van der Waals surface area (Å²) >= 11 is 1.69. The molecule has 0 radical (unpaired) electrons. The number of thioether (sulfide) groups is 1. The van der Waals surface area contributed by atoms with Gasteiger partial charge in [-0.1, -0.05) is 6.92 Å². The topological polar surface area (TPSA) is 33.1 Å². The van der Waals surface area contributed by atoms with Gasteiger partial charge in [0.25, 0.3) is 0 Å². The van der Waals surface area contributed by atoms with Gasteiger partial charge in [0.15, 0.2) is 0 Å². The minimum absolute atomic E-state index is 0.0307. The molecular formula is C11H14FNOS. The number of aromatic nitrogens is 1. The van der Waals surface area contributed by atoms with Crippen LogP contribution in [0.4, 0.5) is 4.39 Å². The minimum Gasteiger partial charge on any atom is -0.384 e. The Morgan fingerprint density at radius 3 is 3.13 bits per heavy atom. The lowest BCUT2D eigenvalue weighted by Crippen LogP contribution is -2.39. The monoisotopic (exact) mass is 227 g/mol. The lowest BCUT2D eigenvalue weighted by Gasteiger charge is -2.38. The van der Waals surface area contributed by atoms with Gasteiger partial charge in [-0.05, 0) is 24.7 Å². The highest BCUT2D eigenvalue weighted by Crippen LogP contribution is 2.41. The fraction of sp³-hybridized carbons (Fsp3) is 0.545. The maximum Gasteiger partial charge on any atom is 0.147 e. The quantitative estimate of drug-likeness (QED) is 0.799. The summed E-state index contributed by atoms with van der Waals surface area (Å²) in [5, 5.41) is 10.5. The molecule has 1 saturated heterocycles. The van der Waals surface area contributed by atoms with Crippen molar-refractivity contribution in [3.05, 3.63) is 29.8 Å². The largest absolute Gasteiger partial charge is 0.384 e. The number of hydrogen-bond donors (Lipinski definition) is 1. The van der Waals surface area contributed by atoms with E-state index in [9.17, 15) is 9.50 Å². The Labute approximate surface area is 92.9 Å². The first-order chi connectivity index (χ1) is 7.14. The van der Waals surface area contributed by atoms with Gasteiger partial charge in [-0.25, -0.2) is 4.39 Å². The highest BCUT2D eigenvalue weighted by molar-refractivity contribution is 8.00. The number of halogens is 1. The molecule has 1 aliphatic rings. The van der Waals surface area contributed by atoms with Crippen LogP contribution >= 0.6 is 11.8 Å². The molecule has 1 aliphatic heterocycles. The second-order valence-corrected chi connectivity index (χ2v) is 5.35. The van der Waals surface area contributed by atoms with E-state index in [1.165, 1.54) is 12.4 Å². The number of aliphatic hydroxyl groups is 1. The molecule has 0 saturated carbocycles. The van der Waals surface area contributed by atoms with Crippen LogP contribution in [-0.2, 0) is 5.60 Å². The molecule has 2 rings (SSSR count). The van der Waals surface area contributed by atoms with Crippen LogP contribution in [0.3, 0.4) is 0 Å². The van der Waals surface area contributed by atoms with Crippen molar-refractivity contribution in [1.29, 1.82) is 0 Å². The third kappa shape index (κ3) is 1.88. The maximum atomic E-state index is 13.6. The molecule has 1 N–H and O–H groups in total. The summed E-state index contributed by atoms with van der Waals surface area (Å²) in [5.41, 5.74) is -0.646. The molecule has 1 aromatic heterocycles. The molecule has 2 unspecified atom stereocenters. The smallest absolute Gasteiger partial charge is 0.147 e. The molecule has 0 aliphatic carbocycles. The van der Waals surface area contributed by atoms with Crippen molar-refractivity contribution in [2.75, 3.05) is 5.75 Å². The number of nitrogens with zero attached hydrogens (tertiary/aromatic N) is 1. The predicted molar refractivity (Wildman–Crippen MR) is 59.2 cm³/mol. The molecule has 2 heterocycles. The molecule has 2 atom stereocenters. The van der Waals surface area contributed by atoms with Crippen LogP contribution in [-0.4, -0.2) is 21.1 Å². The summed E-state index contributed by atoms with van der Waals surface area (Å²) in [4.78, 5) is 3.70. The van der Waals surface area contributed by atoms with Crippen LogP contribution in [0.25, 0.3) is 0 Å². The van der Waals surface area contributed by atoms with E-state index in [0.717, 1.165) is 12.2 Å². The van der Waals surface area contributed by atoms with Crippen molar-refractivity contribution in [2.45, 2.75) is 30.6 Å². The van der Waals surface area contributed by atoms with Gasteiger partial charge < -0.3 is 5.11 Å². The predicted octanol–water partition coefficient (Wildman–Crippen LogP) is 2.32. The average Bonchev–Trinajstić information content (AvgIpc) is 2.23. The van der Waals surface area contributed by atoms with Crippen molar-refractivity contribution in [3.8, 4) is 0 Å². The maximum absolute atomic E-state index is 13.6. The Bertz CT molecular complexity index is 360. The van der Waals surface area contributed by atoms with Gasteiger partial charge in [0.05, 0.1) is 6.20 Å². The van der Waals surface area contributed by atoms with E-state index in [4.69, 9.17) is 0 Å². The van der Waals surface area contributed by atoms with Gasteiger partial charge >= 0.3 is 0 Å². The Morgan fingerprint density at radius 2 is 2.47 bits per heavy atom. The molecule has 15 heavy (non-hydrogen) atoms. The summed E-state index contributed by atoms with van der Waals surface area (Å²) in [6.45, 7) is 1.95. The van der Waals surface area contributed by atoms with Crippen molar-refractivity contribution < 1.29 is 9.50 Å². The summed E-state index contributed by atoms with van der Waals surface area (Å²) in [6.07, 6.45) is 4.25. The van der Waals surface area contributed by atoms with E-state index >= 15 is 0 Å². The Hall–Kier alpha value is -0.610. The first kappa shape index (κ1) is 10.9. The molecule has 4 heteroatoms. The van der Waals surface area contributed by atoms with Gasteiger partial charge in [0.1, 0.15) is 11.4 Å². The molecule has 1 fully saturated rings. The Kier molecular flexibility index (Phi) is 2.98. The normalized spacial score (nSPS) is 31.5. The van der Waals surface area contributed by atoms with Crippen molar-refractivity contribution in [2.24, 2.45) is 0 Å². The summed E-state index contributed by atoms with van der Waals surface area (Å²) < 4.78 is 13.6. The highest BCUT2D eigenvalue weighted by Gasteiger charge is 2.40. The molecule has 82 valence electrons. The number of rotatable bonds is 1. The Morgan fingerprint density at radius 1 is 1.67 bits per heavy atom. The molecule has 0 bridgehead atoms. The molecule has 2 nitrogen and oxygen atoms in total. The lowest BCUT2D eigenvalue weighted by molar-refractivity contribution is 0.0218. The van der Waals surface area contributed by atoms with Crippen molar-refractivity contribution in [3.63, 3.8) is 0 Å². The standard InChI is InChI=1S/C11H14FNOS/c1-8-11(14,4-2-6-15-8)9-3-5-13-7-10(9)12/h3,5,7-8,14H,2,4,6H2,1H3. The fourth-order valence-corrected chi connectivity index (χ4v) is 3.21. The van der Waals surface area contributed by atoms with E-state index in [1.807, 2.05) is 6.92 Å². The molecular weight excluding hydrogens is 213 g/mol. The second kappa shape index (κ2) is 4.10.